The van der Waals surface area contributed by atoms with E-state index in [-0.39, 0.29) is 17.8 Å². The fourth-order valence-corrected chi connectivity index (χ4v) is 2.01. The molecule has 94 valence electrons. The Bertz CT molecular complexity index is 406. The molecule has 0 radical (unpaired) electrons. The Labute approximate surface area is 110 Å². The van der Waals surface area contributed by atoms with Crippen LogP contribution in [0.3, 0.4) is 0 Å². The molecule has 17 heavy (non-hydrogen) atoms. The Morgan fingerprint density at radius 3 is 2.59 bits per heavy atom. The van der Waals surface area contributed by atoms with E-state index in [0.29, 0.717) is 16.0 Å². The van der Waals surface area contributed by atoms with E-state index in [1.807, 2.05) is 6.92 Å². The van der Waals surface area contributed by atoms with Crippen LogP contribution in [-0.2, 0) is 0 Å². The number of rotatable bonds is 4. The van der Waals surface area contributed by atoms with E-state index in [0.717, 1.165) is 6.42 Å². The molecule has 0 bridgehead atoms. The molecule has 4 heteroatoms. The quantitative estimate of drug-likeness (QED) is 0.901. The third kappa shape index (κ3) is 3.80. The molecule has 0 spiro atoms. The van der Waals surface area contributed by atoms with Gasteiger partial charge in [-0.1, -0.05) is 20.8 Å². The van der Waals surface area contributed by atoms with Gasteiger partial charge in [-0.25, -0.2) is 4.39 Å². The molecule has 0 saturated carbocycles. The van der Waals surface area contributed by atoms with Gasteiger partial charge in [0.15, 0.2) is 0 Å². The summed E-state index contributed by atoms with van der Waals surface area (Å²) in [6.45, 7) is 6.16. The van der Waals surface area contributed by atoms with Crippen molar-refractivity contribution < 1.29 is 9.18 Å². The van der Waals surface area contributed by atoms with Gasteiger partial charge < -0.3 is 5.32 Å². The lowest BCUT2D eigenvalue weighted by molar-refractivity contribution is 0.0924. The van der Waals surface area contributed by atoms with Crippen LogP contribution in [0.15, 0.2) is 22.7 Å². The minimum Gasteiger partial charge on any atom is -0.349 e. The SMILES string of the molecule is CCC(NC(=O)c1ccc(F)c(Br)c1)C(C)C. The van der Waals surface area contributed by atoms with Gasteiger partial charge in [-0.2, -0.15) is 0 Å². The molecule has 1 atom stereocenters. The maximum atomic E-state index is 13.0. The maximum absolute atomic E-state index is 13.0. The summed E-state index contributed by atoms with van der Waals surface area (Å²) in [5.74, 6) is -0.142. The third-order valence-corrected chi connectivity index (χ3v) is 3.35. The molecule has 1 amide bonds. The summed E-state index contributed by atoms with van der Waals surface area (Å²) < 4.78 is 13.3. The number of hydrogen-bond acceptors (Lipinski definition) is 1. The zero-order valence-electron chi connectivity index (χ0n) is 10.3. The standard InChI is InChI=1S/C13H17BrFNO/c1-4-12(8(2)3)16-13(17)9-5-6-11(15)10(14)7-9/h5-8,12H,4H2,1-3H3,(H,16,17). The van der Waals surface area contributed by atoms with Crippen molar-refractivity contribution in [1.82, 2.24) is 5.32 Å². The van der Waals surface area contributed by atoms with Crippen LogP contribution in [0, 0.1) is 11.7 Å². The molecule has 0 aromatic heterocycles. The average Bonchev–Trinajstić information content (AvgIpc) is 2.28. The first-order valence-corrected chi connectivity index (χ1v) is 6.51. The number of hydrogen-bond donors (Lipinski definition) is 1. The van der Waals surface area contributed by atoms with Crippen molar-refractivity contribution in [2.45, 2.75) is 33.2 Å². The molecule has 1 aromatic rings. The Kier molecular flexibility index (Phi) is 5.12. The fourth-order valence-electron chi connectivity index (χ4n) is 1.63. The van der Waals surface area contributed by atoms with Gasteiger partial charge in [-0.15, -0.1) is 0 Å². The van der Waals surface area contributed by atoms with Crippen LogP contribution in [0.2, 0.25) is 0 Å². The monoisotopic (exact) mass is 301 g/mol. The van der Waals surface area contributed by atoms with Gasteiger partial charge in [0, 0.05) is 11.6 Å². The molecular weight excluding hydrogens is 285 g/mol. The van der Waals surface area contributed by atoms with Crippen LogP contribution in [0.1, 0.15) is 37.6 Å². The molecule has 0 aliphatic rings. The highest BCUT2D eigenvalue weighted by molar-refractivity contribution is 9.10. The van der Waals surface area contributed by atoms with Crippen molar-refractivity contribution in [3.05, 3.63) is 34.1 Å². The van der Waals surface area contributed by atoms with Crippen molar-refractivity contribution in [2.75, 3.05) is 0 Å². The van der Waals surface area contributed by atoms with Gasteiger partial charge in [-0.05, 0) is 46.5 Å². The highest BCUT2D eigenvalue weighted by atomic mass is 79.9. The zero-order chi connectivity index (χ0) is 13.0. The number of carbonyl (C=O) groups is 1. The average molecular weight is 302 g/mol. The van der Waals surface area contributed by atoms with Crippen molar-refractivity contribution >= 4 is 21.8 Å². The van der Waals surface area contributed by atoms with E-state index in [1.165, 1.54) is 18.2 Å². The molecule has 0 heterocycles. The Hall–Kier alpha value is -0.900. The highest BCUT2D eigenvalue weighted by Crippen LogP contribution is 2.17. The first kappa shape index (κ1) is 14.2. The Morgan fingerprint density at radius 2 is 2.12 bits per heavy atom. The largest absolute Gasteiger partial charge is 0.349 e. The normalized spacial score (nSPS) is 12.6. The Morgan fingerprint density at radius 1 is 1.47 bits per heavy atom. The van der Waals surface area contributed by atoms with Crippen LogP contribution in [0.5, 0.6) is 0 Å². The van der Waals surface area contributed by atoms with Crippen LogP contribution < -0.4 is 5.32 Å². The molecule has 1 unspecified atom stereocenters. The first-order valence-electron chi connectivity index (χ1n) is 5.71. The van der Waals surface area contributed by atoms with Crippen LogP contribution in [-0.4, -0.2) is 11.9 Å². The highest BCUT2D eigenvalue weighted by Gasteiger charge is 2.15. The number of nitrogens with one attached hydrogen (secondary N) is 1. The summed E-state index contributed by atoms with van der Waals surface area (Å²) in [5, 5.41) is 2.95. The van der Waals surface area contributed by atoms with Crippen molar-refractivity contribution in [3.8, 4) is 0 Å². The second kappa shape index (κ2) is 6.15. The topological polar surface area (TPSA) is 29.1 Å². The van der Waals surface area contributed by atoms with Gasteiger partial charge >= 0.3 is 0 Å². The Balaban J connectivity index is 2.79. The molecule has 1 N–H and O–H groups in total. The maximum Gasteiger partial charge on any atom is 0.251 e. The summed E-state index contributed by atoms with van der Waals surface area (Å²) in [5.41, 5.74) is 0.470. The van der Waals surface area contributed by atoms with Crippen molar-refractivity contribution in [3.63, 3.8) is 0 Å². The molecule has 0 aliphatic carbocycles. The summed E-state index contributed by atoms with van der Waals surface area (Å²) in [4.78, 5) is 11.9. The minimum atomic E-state index is -0.363. The second-order valence-electron chi connectivity index (χ2n) is 4.36. The first-order chi connectivity index (χ1) is 7.95. The van der Waals surface area contributed by atoms with Gasteiger partial charge in [-0.3, -0.25) is 4.79 Å². The molecule has 2 nitrogen and oxygen atoms in total. The van der Waals surface area contributed by atoms with E-state index >= 15 is 0 Å². The molecule has 1 aromatic carbocycles. The molecular formula is C13H17BrFNO. The van der Waals surface area contributed by atoms with E-state index in [2.05, 4.69) is 35.1 Å². The fraction of sp³-hybridized carbons (Fsp3) is 0.462. The lowest BCUT2D eigenvalue weighted by Gasteiger charge is -2.20. The van der Waals surface area contributed by atoms with Gasteiger partial charge in [0.05, 0.1) is 4.47 Å². The van der Waals surface area contributed by atoms with Crippen LogP contribution in [0.4, 0.5) is 4.39 Å². The van der Waals surface area contributed by atoms with Gasteiger partial charge in [0.2, 0.25) is 0 Å². The molecule has 0 aliphatic heterocycles. The predicted molar refractivity (Wildman–Crippen MR) is 70.5 cm³/mol. The molecule has 0 saturated heterocycles. The van der Waals surface area contributed by atoms with E-state index in [1.54, 1.807) is 0 Å². The number of carbonyl (C=O) groups excluding carboxylic acids is 1. The summed E-state index contributed by atoms with van der Waals surface area (Å²) in [6, 6.07) is 4.42. The third-order valence-electron chi connectivity index (χ3n) is 2.74. The summed E-state index contributed by atoms with van der Waals surface area (Å²) >= 11 is 3.07. The smallest absolute Gasteiger partial charge is 0.251 e. The minimum absolute atomic E-state index is 0.145. The zero-order valence-corrected chi connectivity index (χ0v) is 11.8. The lowest BCUT2D eigenvalue weighted by atomic mass is 10.0. The van der Waals surface area contributed by atoms with Gasteiger partial charge in [0.25, 0.3) is 5.91 Å². The second-order valence-corrected chi connectivity index (χ2v) is 5.22. The van der Waals surface area contributed by atoms with E-state index < -0.39 is 0 Å². The number of halogens is 2. The summed E-state index contributed by atoms with van der Waals surface area (Å²) in [6.07, 6.45) is 0.881. The number of amides is 1. The van der Waals surface area contributed by atoms with E-state index in [9.17, 15) is 9.18 Å². The van der Waals surface area contributed by atoms with Crippen LogP contribution >= 0.6 is 15.9 Å². The molecule has 1 rings (SSSR count). The summed E-state index contributed by atoms with van der Waals surface area (Å²) in [7, 11) is 0. The van der Waals surface area contributed by atoms with Gasteiger partial charge in [0.1, 0.15) is 5.82 Å². The van der Waals surface area contributed by atoms with E-state index in [4.69, 9.17) is 0 Å². The van der Waals surface area contributed by atoms with Crippen LogP contribution in [0.25, 0.3) is 0 Å². The van der Waals surface area contributed by atoms with Crippen molar-refractivity contribution in [2.24, 2.45) is 5.92 Å². The number of benzene rings is 1. The molecule has 0 fully saturated rings. The lowest BCUT2D eigenvalue weighted by Crippen LogP contribution is -2.38. The van der Waals surface area contributed by atoms with Crippen molar-refractivity contribution in [1.29, 1.82) is 0 Å². The predicted octanol–water partition coefficient (Wildman–Crippen LogP) is 3.75.